The first-order valence-electron chi connectivity index (χ1n) is 12.6. The Balaban J connectivity index is 1.29. The predicted molar refractivity (Wildman–Crippen MR) is 146 cm³/mol. The van der Waals surface area contributed by atoms with Gasteiger partial charge in [0.25, 0.3) is 15.9 Å². The van der Waals surface area contributed by atoms with Crippen molar-refractivity contribution in [1.82, 2.24) is 24.5 Å². The van der Waals surface area contributed by atoms with Crippen molar-refractivity contribution in [3.63, 3.8) is 0 Å². The Labute approximate surface area is 227 Å². The SMILES string of the molecule is CC1CN(c2ncccc2C(=O)NS(=O)(=O)c2cccc(OCc3cnn(-c4ccccc4)c3)n2)C(C)(C)C1. The zero-order chi connectivity index (χ0) is 27.6. The van der Waals surface area contributed by atoms with Crippen molar-refractivity contribution >= 4 is 21.7 Å². The second kappa shape index (κ2) is 10.5. The molecule has 3 aromatic heterocycles. The molecule has 1 aliphatic rings. The number of sulfonamides is 1. The minimum Gasteiger partial charge on any atom is -0.473 e. The molecule has 1 atom stereocenters. The zero-order valence-corrected chi connectivity index (χ0v) is 22.8. The van der Waals surface area contributed by atoms with Gasteiger partial charge in [-0.25, -0.2) is 14.4 Å². The van der Waals surface area contributed by atoms with Crippen LogP contribution in [0, 0.1) is 5.92 Å². The highest BCUT2D eigenvalue weighted by Gasteiger charge is 2.39. The summed E-state index contributed by atoms with van der Waals surface area (Å²) in [6.45, 7) is 7.18. The lowest BCUT2D eigenvalue weighted by Crippen LogP contribution is -2.41. The highest BCUT2D eigenvalue weighted by molar-refractivity contribution is 7.90. The number of nitrogens with zero attached hydrogens (tertiary/aromatic N) is 5. The third kappa shape index (κ3) is 5.78. The van der Waals surface area contributed by atoms with Crippen LogP contribution in [-0.2, 0) is 16.6 Å². The van der Waals surface area contributed by atoms with Crippen molar-refractivity contribution < 1.29 is 17.9 Å². The Morgan fingerprint density at radius 1 is 1.10 bits per heavy atom. The number of anilines is 1. The highest BCUT2D eigenvalue weighted by atomic mass is 32.2. The molecule has 39 heavy (non-hydrogen) atoms. The second-order valence-electron chi connectivity index (χ2n) is 10.3. The van der Waals surface area contributed by atoms with Crippen LogP contribution < -0.4 is 14.4 Å². The molecular formula is C28H30N6O4S. The minimum absolute atomic E-state index is 0.104. The maximum Gasteiger partial charge on any atom is 0.281 e. The summed E-state index contributed by atoms with van der Waals surface area (Å²) >= 11 is 0. The van der Waals surface area contributed by atoms with Gasteiger partial charge in [0.05, 0.1) is 17.4 Å². The summed E-state index contributed by atoms with van der Waals surface area (Å²) in [5.41, 5.74) is 1.66. The molecule has 10 nitrogen and oxygen atoms in total. The summed E-state index contributed by atoms with van der Waals surface area (Å²) in [7, 11) is -4.28. The molecule has 4 aromatic rings. The van der Waals surface area contributed by atoms with Crippen LogP contribution in [0.3, 0.4) is 0 Å². The second-order valence-corrected chi connectivity index (χ2v) is 11.9. The summed E-state index contributed by atoms with van der Waals surface area (Å²) < 4.78 is 35.8. The number of rotatable bonds is 8. The van der Waals surface area contributed by atoms with Crippen molar-refractivity contribution in [2.75, 3.05) is 11.4 Å². The van der Waals surface area contributed by atoms with Crippen molar-refractivity contribution in [3.05, 3.63) is 90.4 Å². The standard InChI is InChI=1S/C28H30N6O4S/c1-20-15-28(2,3)33(17-20)26-23(11-8-14-29-26)27(35)32-39(36,37)25-13-7-12-24(31-25)38-19-21-16-30-34(18-21)22-9-5-4-6-10-22/h4-14,16,18,20H,15,17,19H2,1-3H3,(H,32,35). The molecule has 1 aliphatic heterocycles. The number of carbonyl (C=O) groups is 1. The van der Waals surface area contributed by atoms with Gasteiger partial charge in [-0.15, -0.1) is 0 Å². The van der Waals surface area contributed by atoms with Gasteiger partial charge in [0.15, 0.2) is 5.03 Å². The molecule has 11 heteroatoms. The van der Waals surface area contributed by atoms with Gasteiger partial charge < -0.3 is 9.64 Å². The molecule has 202 valence electrons. The molecule has 4 heterocycles. The molecule has 1 amide bonds. The highest BCUT2D eigenvalue weighted by Crippen LogP contribution is 2.37. The molecule has 1 aromatic carbocycles. The number of amides is 1. The summed E-state index contributed by atoms with van der Waals surface area (Å²) in [4.78, 5) is 23.8. The number of pyridine rings is 2. The molecular weight excluding hydrogens is 516 g/mol. The van der Waals surface area contributed by atoms with Crippen LogP contribution in [0.5, 0.6) is 5.88 Å². The molecule has 0 aliphatic carbocycles. The van der Waals surface area contributed by atoms with Crippen LogP contribution in [0.4, 0.5) is 5.82 Å². The van der Waals surface area contributed by atoms with E-state index >= 15 is 0 Å². The third-order valence-corrected chi connectivity index (χ3v) is 7.84. The Morgan fingerprint density at radius 3 is 2.64 bits per heavy atom. The zero-order valence-electron chi connectivity index (χ0n) is 22.0. The summed E-state index contributed by atoms with van der Waals surface area (Å²) in [5.74, 6) is 0.212. The minimum atomic E-state index is -4.28. The van der Waals surface area contributed by atoms with Crippen LogP contribution in [0.25, 0.3) is 5.69 Å². The number of benzene rings is 1. The normalized spacial score (nSPS) is 16.7. The average Bonchev–Trinajstić information content (AvgIpc) is 3.50. The van der Waals surface area contributed by atoms with Gasteiger partial charge in [-0.2, -0.15) is 18.5 Å². The molecule has 1 fully saturated rings. The monoisotopic (exact) mass is 546 g/mol. The number of ether oxygens (including phenoxy) is 1. The van der Waals surface area contributed by atoms with Crippen molar-refractivity contribution in [2.45, 2.75) is 44.4 Å². The number of carbonyl (C=O) groups excluding carboxylic acids is 1. The van der Waals surface area contributed by atoms with Gasteiger partial charge >= 0.3 is 0 Å². The van der Waals surface area contributed by atoms with E-state index in [0.29, 0.717) is 11.7 Å². The van der Waals surface area contributed by atoms with E-state index < -0.39 is 15.9 Å². The smallest absolute Gasteiger partial charge is 0.281 e. The maximum absolute atomic E-state index is 13.2. The number of para-hydroxylation sites is 1. The van der Waals surface area contributed by atoms with E-state index in [1.54, 1.807) is 35.3 Å². The first kappa shape index (κ1) is 26.4. The average molecular weight is 547 g/mol. The largest absolute Gasteiger partial charge is 0.473 e. The van der Waals surface area contributed by atoms with Crippen LogP contribution in [0.2, 0.25) is 0 Å². The van der Waals surface area contributed by atoms with Gasteiger partial charge in [0.1, 0.15) is 12.4 Å². The van der Waals surface area contributed by atoms with Crippen molar-refractivity contribution in [3.8, 4) is 11.6 Å². The molecule has 0 saturated carbocycles. The molecule has 5 rings (SSSR count). The Kier molecular flexibility index (Phi) is 7.09. The number of nitrogens with one attached hydrogen (secondary N) is 1. The summed E-state index contributed by atoms with van der Waals surface area (Å²) in [5, 5.41) is 4.00. The number of aromatic nitrogens is 4. The van der Waals surface area contributed by atoms with Crippen LogP contribution in [-0.4, -0.2) is 46.2 Å². The maximum atomic E-state index is 13.2. The van der Waals surface area contributed by atoms with E-state index in [2.05, 4.69) is 45.5 Å². The summed E-state index contributed by atoms with van der Waals surface area (Å²) in [6.07, 6.45) is 6.03. The van der Waals surface area contributed by atoms with E-state index in [-0.39, 0.29) is 28.6 Å². The molecule has 0 spiro atoms. The van der Waals surface area contributed by atoms with E-state index in [1.165, 1.54) is 12.1 Å². The lowest BCUT2D eigenvalue weighted by Gasteiger charge is -2.33. The fraction of sp³-hybridized carbons (Fsp3) is 0.286. The van der Waals surface area contributed by atoms with E-state index in [4.69, 9.17) is 4.74 Å². The summed E-state index contributed by atoms with van der Waals surface area (Å²) in [6, 6.07) is 17.2. The Morgan fingerprint density at radius 2 is 1.90 bits per heavy atom. The number of hydrogen-bond donors (Lipinski definition) is 1. The molecule has 0 bridgehead atoms. The number of hydrogen-bond acceptors (Lipinski definition) is 8. The lowest BCUT2D eigenvalue weighted by molar-refractivity contribution is 0.0981. The first-order valence-corrected chi connectivity index (χ1v) is 14.1. The van der Waals surface area contributed by atoms with Gasteiger partial charge in [-0.1, -0.05) is 31.2 Å². The van der Waals surface area contributed by atoms with Crippen molar-refractivity contribution in [1.29, 1.82) is 0 Å². The van der Waals surface area contributed by atoms with Crippen LogP contribution >= 0.6 is 0 Å². The Hall–Kier alpha value is -4.25. The lowest BCUT2D eigenvalue weighted by atomic mass is 9.97. The molecule has 1 unspecified atom stereocenters. The fourth-order valence-corrected chi connectivity index (χ4v) is 5.84. The quantitative estimate of drug-likeness (QED) is 0.352. The molecule has 0 radical (unpaired) electrons. The first-order chi connectivity index (χ1) is 18.6. The van der Waals surface area contributed by atoms with Gasteiger partial charge in [0.2, 0.25) is 5.88 Å². The Bertz CT molecular complexity index is 1590. The van der Waals surface area contributed by atoms with Crippen molar-refractivity contribution in [2.24, 2.45) is 5.92 Å². The van der Waals surface area contributed by atoms with Gasteiger partial charge in [-0.05, 0) is 56.5 Å². The van der Waals surface area contributed by atoms with Gasteiger partial charge in [-0.3, -0.25) is 4.79 Å². The molecule has 1 saturated heterocycles. The van der Waals surface area contributed by atoms with Gasteiger partial charge in [0, 0.05) is 36.1 Å². The van der Waals surface area contributed by atoms with E-state index in [0.717, 1.165) is 24.2 Å². The predicted octanol–water partition coefficient (Wildman–Crippen LogP) is 3.98. The fourth-order valence-electron chi connectivity index (χ4n) is 4.92. The third-order valence-electron chi connectivity index (χ3n) is 6.60. The molecule has 1 N–H and O–H groups in total. The van der Waals surface area contributed by atoms with Crippen LogP contribution in [0.15, 0.2) is 84.3 Å². The van der Waals surface area contributed by atoms with E-state index in [9.17, 15) is 13.2 Å². The topological polar surface area (TPSA) is 119 Å². The van der Waals surface area contributed by atoms with E-state index in [1.807, 2.05) is 36.5 Å². The van der Waals surface area contributed by atoms with Crippen LogP contribution in [0.1, 0.15) is 43.1 Å².